The lowest BCUT2D eigenvalue weighted by molar-refractivity contribution is 0.0378. The van der Waals surface area contributed by atoms with Crippen molar-refractivity contribution in [2.45, 2.75) is 39.5 Å². The Balaban J connectivity index is 0.00000392. The number of hydrogen-bond donors (Lipinski definition) is 3. The first kappa shape index (κ1) is 24.4. The molecule has 0 amide bonds. The summed E-state index contributed by atoms with van der Waals surface area (Å²) in [6.07, 6.45) is 0. The monoisotopic (exact) mass is 505 g/mol. The topological polar surface area (TPSA) is 79.0 Å². The summed E-state index contributed by atoms with van der Waals surface area (Å²) in [5, 5.41) is 16.9. The maximum Gasteiger partial charge on any atom is 0.191 e. The first-order valence-corrected chi connectivity index (χ1v) is 8.93. The Morgan fingerprint density at radius 1 is 1.29 bits per heavy atom. The molecule has 1 heterocycles. The molecule has 1 atom stereocenters. The summed E-state index contributed by atoms with van der Waals surface area (Å²) < 4.78 is 24.2. The Morgan fingerprint density at radius 3 is 2.64 bits per heavy atom. The lowest BCUT2D eigenvalue weighted by Crippen LogP contribution is -2.44. The summed E-state index contributed by atoms with van der Waals surface area (Å²) in [6, 6.07) is 8.44. The number of halogens is 2. The highest BCUT2D eigenvalue weighted by molar-refractivity contribution is 14.0. The molecular weight excluding hydrogens is 476 g/mol. The Labute approximate surface area is 182 Å². The van der Waals surface area contributed by atoms with Gasteiger partial charge in [-0.05, 0) is 50.6 Å². The number of aliphatic hydroxyl groups is 1. The van der Waals surface area contributed by atoms with Crippen LogP contribution in [0.3, 0.4) is 0 Å². The van der Waals surface area contributed by atoms with Gasteiger partial charge in [-0.1, -0.05) is 6.07 Å². The summed E-state index contributed by atoms with van der Waals surface area (Å²) in [5.74, 6) is 1.50. The van der Waals surface area contributed by atoms with Crippen LogP contribution in [0.2, 0.25) is 0 Å². The third-order valence-corrected chi connectivity index (χ3v) is 4.05. The van der Waals surface area contributed by atoms with Crippen molar-refractivity contribution in [2.24, 2.45) is 4.99 Å². The summed E-state index contributed by atoms with van der Waals surface area (Å²) in [6.45, 7) is 6.95. The SMILES string of the molecule is CCNC(=NCc1ccc(F)c(COC)c1)NCC(C)(O)c1ccc(C)o1.I. The van der Waals surface area contributed by atoms with Gasteiger partial charge in [-0.15, -0.1) is 24.0 Å². The highest BCUT2D eigenvalue weighted by Crippen LogP contribution is 2.21. The fourth-order valence-corrected chi connectivity index (χ4v) is 2.57. The maximum absolute atomic E-state index is 13.7. The first-order chi connectivity index (χ1) is 12.9. The number of furan rings is 1. The third-order valence-electron chi connectivity index (χ3n) is 4.05. The number of benzene rings is 1. The Kier molecular flexibility index (Phi) is 9.91. The van der Waals surface area contributed by atoms with E-state index in [9.17, 15) is 9.50 Å². The van der Waals surface area contributed by atoms with Gasteiger partial charge in [-0.2, -0.15) is 0 Å². The molecule has 2 aromatic rings. The molecule has 0 spiro atoms. The number of ether oxygens (including phenoxy) is 1. The van der Waals surface area contributed by atoms with Crippen LogP contribution in [-0.2, 0) is 23.5 Å². The summed E-state index contributed by atoms with van der Waals surface area (Å²) in [7, 11) is 1.53. The third kappa shape index (κ3) is 7.06. The number of nitrogens with zero attached hydrogens (tertiary/aromatic N) is 1. The summed E-state index contributed by atoms with van der Waals surface area (Å²) in [4.78, 5) is 4.51. The average Bonchev–Trinajstić information content (AvgIpc) is 3.07. The number of hydrogen-bond acceptors (Lipinski definition) is 4. The van der Waals surface area contributed by atoms with E-state index in [1.165, 1.54) is 13.2 Å². The summed E-state index contributed by atoms with van der Waals surface area (Å²) >= 11 is 0. The largest absolute Gasteiger partial charge is 0.463 e. The fourth-order valence-electron chi connectivity index (χ4n) is 2.57. The van der Waals surface area contributed by atoms with Gasteiger partial charge in [-0.3, -0.25) is 0 Å². The molecule has 2 rings (SSSR count). The fraction of sp³-hybridized carbons (Fsp3) is 0.450. The van der Waals surface area contributed by atoms with E-state index in [1.807, 2.05) is 19.9 Å². The number of aryl methyl sites for hydroxylation is 1. The first-order valence-electron chi connectivity index (χ1n) is 8.93. The number of nitrogens with one attached hydrogen (secondary N) is 2. The molecule has 8 heteroatoms. The number of methoxy groups -OCH3 is 1. The molecule has 0 bridgehead atoms. The van der Waals surface area contributed by atoms with Crippen molar-refractivity contribution in [1.82, 2.24) is 10.6 Å². The zero-order valence-corrected chi connectivity index (χ0v) is 19.0. The van der Waals surface area contributed by atoms with Crippen LogP contribution >= 0.6 is 24.0 Å². The Hall–Kier alpha value is -1.65. The van der Waals surface area contributed by atoms with Crippen molar-refractivity contribution in [3.05, 3.63) is 58.8 Å². The molecule has 1 aromatic heterocycles. The maximum atomic E-state index is 13.7. The van der Waals surface area contributed by atoms with Crippen molar-refractivity contribution in [3.63, 3.8) is 0 Å². The second-order valence-corrected chi connectivity index (χ2v) is 6.59. The minimum Gasteiger partial charge on any atom is -0.463 e. The highest BCUT2D eigenvalue weighted by Gasteiger charge is 2.27. The van der Waals surface area contributed by atoms with Gasteiger partial charge in [0.15, 0.2) is 5.96 Å². The minimum absolute atomic E-state index is 0. The van der Waals surface area contributed by atoms with Gasteiger partial charge < -0.3 is 24.9 Å². The van der Waals surface area contributed by atoms with Crippen molar-refractivity contribution < 1.29 is 18.7 Å². The molecule has 0 radical (unpaired) electrons. The Morgan fingerprint density at radius 2 is 2.04 bits per heavy atom. The number of rotatable bonds is 8. The van der Waals surface area contributed by atoms with Gasteiger partial charge >= 0.3 is 0 Å². The van der Waals surface area contributed by atoms with Crippen LogP contribution in [0.4, 0.5) is 4.39 Å². The molecule has 3 N–H and O–H groups in total. The molecule has 0 saturated heterocycles. The number of aliphatic imine (C=N–C) groups is 1. The van der Waals surface area contributed by atoms with Crippen molar-refractivity contribution in [1.29, 1.82) is 0 Å². The minimum atomic E-state index is -1.17. The predicted molar refractivity (Wildman–Crippen MR) is 118 cm³/mol. The van der Waals surface area contributed by atoms with E-state index in [4.69, 9.17) is 9.15 Å². The molecule has 0 fully saturated rings. The van der Waals surface area contributed by atoms with E-state index in [-0.39, 0.29) is 42.9 Å². The van der Waals surface area contributed by atoms with Crippen molar-refractivity contribution in [3.8, 4) is 0 Å². The van der Waals surface area contributed by atoms with Crippen LogP contribution < -0.4 is 10.6 Å². The van der Waals surface area contributed by atoms with E-state index in [1.54, 1.807) is 25.1 Å². The van der Waals surface area contributed by atoms with Crippen LogP contribution in [0.1, 0.15) is 36.5 Å². The van der Waals surface area contributed by atoms with Crippen LogP contribution in [0, 0.1) is 12.7 Å². The lowest BCUT2D eigenvalue weighted by Gasteiger charge is -2.22. The molecule has 1 unspecified atom stereocenters. The normalized spacial score (nSPS) is 13.6. The van der Waals surface area contributed by atoms with Gasteiger partial charge in [0.05, 0.1) is 19.7 Å². The van der Waals surface area contributed by atoms with Gasteiger partial charge in [0.25, 0.3) is 0 Å². The van der Waals surface area contributed by atoms with E-state index in [0.29, 0.717) is 30.4 Å². The van der Waals surface area contributed by atoms with E-state index in [0.717, 1.165) is 11.3 Å². The van der Waals surface area contributed by atoms with Gasteiger partial charge in [0.1, 0.15) is 22.9 Å². The smallest absolute Gasteiger partial charge is 0.191 e. The Bertz CT molecular complexity index is 778. The molecule has 28 heavy (non-hydrogen) atoms. The zero-order chi connectivity index (χ0) is 19.9. The molecule has 0 aliphatic carbocycles. The van der Waals surface area contributed by atoms with Gasteiger partial charge in [0, 0.05) is 19.2 Å². The molecule has 0 saturated carbocycles. The average molecular weight is 505 g/mol. The molecule has 6 nitrogen and oxygen atoms in total. The van der Waals surface area contributed by atoms with E-state index in [2.05, 4.69) is 15.6 Å². The quantitative estimate of drug-likeness (QED) is 0.291. The van der Waals surface area contributed by atoms with Crippen LogP contribution in [0.25, 0.3) is 0 Å². The molecule has 1 aromatic carbocycles. The van der Waals surface area contributed by atoms with Crippen molar-refractivity contribution >= 4 is 29.9 Å². The van der Waals surface area contributed by atoms with Gasteiger partial charge in [-0.25, -0.2) is 9.38 Å². The molecule has 0 aliphatic rings. The standard InChI is InChI=1S/C20H28FN3O3.HI/c1-5-22-19(24-13-20(3,25)18-9-6-14(2)27-18)23-11-15-7-8-17(21)16(10-15)12-26-4;/h6-10,25H,5,11-13H2,1-4H3,(H2,22,23,24);1H. The second kappa shape index (κ2) is 11.4. The highest BCUT2D eigenvalue weighted by atomic mass is 127. The van der Waals surface area contributed by atoms with Crippen LogP contribution in [0.15, 0.2) is 39.7 Å². The molecule has 0 aliphatic heterocycles. The predicted octanol–water partition coefficient (Wildman–Crippen LogP) is 3.45. The molecule has 156 valence electrons. The van der Waals surface area contributed by atoms with Crippen LogP contribution in [0.5, 0.6) is 0 Å². The molecular formula is C20H29FIN3O3. The van der Waals surface area contributed by atoms with Gasteiger partial charge in [0.2, 0.25) is 0 Å². The van der Waals surface area contributed by atoms with E-state index >= 15 is 0 Å². The number of guanidine groups is 1. The zero-order valence-electron chi connectivity index (χ0n) is 16.7. The van der Waals surface area contributed by atoms with E-state index < -0.39 is 5.60 Å². The lowest BCUT2D eigenvalue weighted by atomic mass is 10.0. The van der Waals surface area contributed by atoms with Crippen LogP contribution in [-0.4, -0.2) is 31.3 Å². The van der Waals surface area contributed by atoms with Crippen molar-refractivity contribution in [2.75, 3.05) is 20.2 Å². The summed E-state index contributed by atoms with van der Waals surface area (Å²) in [5.41, 5.74) is 0.194. The second-order valence-electron chi connectivity index (χ2n) is 6.59.